The largest absolute Gasteiger partial charge is 0.295 e. The van der Waals surface area contributed by atoms with Gasteiger partial charge in [0.25, 0.3) is 15.9 Å². The van der Waals surface area contributed by atoms with Crippen molar-refractivity contribution in [3.63, 3.8) is 0 Å². The summed E-state index contributed by atoms with van der Waals surface area (Å²) < 4.78 is 26.8. The second-order valence-corrected chi connectivity index (χ2v) is 8.35. The van der Waals surface area contributed by atoms with E-state index in [4.69, 9.17) is 0 Å². The summed E-state index contributed by atoms with van der Waals surface area (Å²) in [5.41, 5.74) is 6.00. The van der Waals surface area contributed by atoms with Gasteiger partial charge < -0.3 is 0 Å². The molecule has 7 nitrogen and oxygen atoms in total. The van der Waals surface area contributed by atoms with Gasteiger partial charge in [-0.1, -0.05) is 12.1 Å². The van der Waals surface area contributed by atoms with Gasteiger partial charge in [0, 0.05) is 6.20 Å². The van der Waals surface area contributed by atoms with E-state index in [1.165, 1.54) is 5.56 Å². The molecular weight excluding hydrogens is 364 g/mol. The number of nitrogens with one attached hydrogen (secondary N) is 2. The van der Waals surface area contributed by atoms with Crippen LogP contribution in [-0.2, 0) is 22.9 Å². The fourth-order valence-electron chi connectivity index (χ4n) is 3.50. The zero-order valence-electron chi connectivity index (χ0n) is 14.9. The molecule has 1 amide bonds. The van der Waals surface area contributed by atoms with Crippen molar-refractivity contribution in [1.82, 2.24) is 19.6 Å². The maximum Gasteiger partial charge on any atom is 0.285 e. The summed E-state index contributed by atoms with van der Waals surface area (Å²) in [4.78, 5) is 19.2. The Labute approximate surface area is 157 Å². The van der Waals surface area contributed by atoms with Crippen molar-refractivity contribution >= 4 is 21.6 Å². The number of amides is 1. The highest BCUT2D eigenvalue weighted by Gasteiger charge is 2.21. The molecule has 2 N–H and O–H groups in total. The van der Waals surface area contributed by atoms with Gasteiger partial charge in [-0.3, -0.25) is 14.6 Å². The number of hydrogen-bond acceptors (Lipinski definition) is 4. The SMILES string of the molecule is Cc1nc2ccccn2c1C(=O)NNS(=O)(=O)c1ccc2c(c1)CCCC2. The number of rotatable bonds is 4. The molecule has 0 bridgehead atoms. The van der Waals surface area contributed by atoms with Crippen LogP contribution < -0.4 is 10.3 Å². The van der Waals surface area contributed by atoms with Crippen molar-refractivity contribution in [3.05, 3.63) is 65.1 Å². The van der Waals surface area contributed by atoms with Crippen molar-refractivity contribution in [2.24, 2.45) is 0 Å². The Morgan fingerprint density at radius 1 is 1.11 bits per heavy atom. The average Bonchev–Trinajstić information content (AvgIpc) is 3.01. The fraction of sp³-hybridized carbons (Fsp3) is 0.263. The smallest absolute Gasteiger partial charge is 0.285 e. The van der Waals surface area contributed by atoms with E-state index in [-0.39, 0.29) is 4.90 Å². The number of pyridine rings is 1. The van der Waals surface area contributed by atoms with Crippen LogP contribution >= 0.6 is 0 Å². The molecule has 1 aromatic carbocycles. The molecule has 1 aliphatic rings. The standard InChI is InChI=1S/C19H20N4O3S/c1-13-18(23-11-5-4-8-17(23)20-13)19(24)21-22-27(25,26)16-10-9-14-6-2-3-7-15(14)12-16/h4-5,8-12,22H,2-3,6-7H2,1H3,(H,21,24). The van der Waals surface area contributed by atoms with Crippen LogP contribution in [0.5, 0.6) is 0 Å². The number of carbonyl (C=O) groups is 1. The van der Waals surface area contributed by atoms with Crippen LogP contribution in [0, 0.1) is 6.92 Å². The van der Waals surface area contributed by atoms with Gasteiger partial charge in [-0.15, -0.1) is 4.83 Å². The van der Waals surface area contributed by atoms with Gasteiger partial charge in [0.2, 0.25) is 0 Å². The van der Waals surface area contributed by atoms with Crippen LogP contribution in [0.3, 0.4) is 0 Å². The quantitative estimate of drug-likeness (QED) is 0.674. The third kappa shape index (κ3) is 3.33. The van der Waals surface area contributed by atoms with Crippen molar-refractivity contribution < 1.29 is 13.2 Å². The topological polar surface area (TPSA) is 92.6 Å². The van der Waals surface area contributed by atoms with Crippen LogP contribution in [-0.4, -0.2) is 23.7 Å². The molecule has 2 aromatic heterocycles. The summed E-state index contributed by atoms with van der Waals surface area (Å²) in [6, 6.07) is 10.5. The van der Waals surface area contributed by atoms with E-state index in [9.17, 15) is 13.2 Å². The van der Waals surface area contributed by atoms with Gasteiger partial charge in [0.05, 0.1) is 10.6 Å². The summed E-state index contributed by atoms with van der Waals surface area (Å²) >= 11 is 0. The van der Waals surface area contributed by atoms with Gasteiger partial charge in [0.15, 0.2) is 0 Å². The second kappa shape index (κ2) is 6.79. The molecule has 0 atom stereocenters. The molecule has 0 radical (unpaired) electrons. The van der Waals surface area contributed by atoms with Crippen LogP contribution in [0.25, 0.3) is 5.65 Å². The first kappa shape index (κ1) is 17.7. The van der Waals surface area contributed by atoms with Crippen molar-refractivity contribution in [2.45, 2.75) is 37.5 Å². The van der Waals surface area contributed by atoms with Crippen LogP contribution in [0.4, 0.5) is 0 Å². The molecule has 1 aliphatic carbocycles. The molecular formula is C19H20N4O3S. The number of benzene rings is 1. The predicted octanol–water partition coefficient (Wildman–Crippen LogP) is 2.14. The molecule has 27 heavy (non-hydrogen) atoms. The molecule has 140 valence electrons. The lowest BCUT2D eigenvalue weighted by atomic mass is 9.92. The van der Waals surface area contributed by atoms with Gasteiger partial charge in [-0.2, -0.15) is 0 Å². The van der Waals surface area contributed by atoms with E-state index in [2.05, 4.69) is 15.2 Å². The number of hydrogen-bond donors (Lipinski definition) is 2. The minimum atomic E-state index is -3.86. The Balaban J connectivity index is 1.55. The van der Waals surface area contributed by atoms with Crippen molar-refractivity contribution in [1.29, 1.82) is 0 Å². The number of sulfonamides is 1. The highest BCUT2D eigenvalue weighted by atomic mass is 32.2. The lowest BCUT2D eigenvalue weighted by molar-refractivity contribution is 0.0938. The molecule has 3 aromatic rings. The van der Waals surface area contributed by atoms with Crippen LogP contribution in [0.15, 0.2) is 47.5 Å². The summed E-state index contributed by atoms with van der Waals surface area (Å²) in [5, 5.41) is 0. The van der Waals surface area contributed by atoms with Crippen molar-refractivity contribution in [2.75, 3.05) is 0 Å². The van der Waals surface area contributed by atoms with Gasteiger partial charge in [-0.25, -0.2) is 13.4 Å². The first-order chi connectivity index (χ1) is 13.0. The van der Waals surface area contributed by atoms with E-state index in [0.29, 0.717) is 17.0 Å². The van der Waals surface area contributed by atoms with E-state index < -0.39 is 15.9 Å². The molecule has 0 saturated heterocycles. The Hall–Kier alpha value is -2.71. The third-order valence-corrected chi connectivity index (χ3v) is 6.09. The number of fused-ring (bicyclic) bond motifs is 2. The summed E-state index contributed by atoms with van der Waals surface area (Å²) in [7, 11) is -3.86. The van der Waals surface area contributed by atoms with E-state index in [1.54, 1.807) is 41.8 Å². The molecule has 0 aliphatic heterocycles. The first-order valence-corrected chi connectivity index (χ1v) is 10.3. The number of nitrogens with zero attached hydrogens (tertiary/aromatic N) is 2. The highest BCUT2D eigenvalue weighted by Crippen LogP contribution is 2.24. The lowest BCUT2D eigenvalue weighted by Crippen LogP contribution is -2.42. The minimum Gasteiger partial charge on any atom is -0.295 e. The Bertz CT molecular complexity index is 1140. The van der Waals surface area contributed by atoms with Crippen LogP contribution in [0.2, 0.25) is 0 Å². The van der Waals surface area contributed by atoms with Crippen molar-refractivity contribution in [3.8, 4) is 0 Å². The molecule has 8 heteroatoms. The third-order valence-electron chi connectivity index (χ3n) is 4.85. The monoisotopic (exact) mass is 384 g/mol. The van der Waals surface area contributed by atoms with Crippen LogP contribution in [0.1, 0.15) is 40.2 Å². The average molecular weight is 384 g/mol. The van der Waals surface area contributed by atoms with Gasteiger partial charge in [-0.05, 0) is 68.0 Å². The molecule has 2 heterocycles. The highest BCUT2D eigenvalue weighted by molar-refractivity contribution is 7.89. The molecule has 0 unspecified atom stereocenters. The van der Waals surface area contributed by atoms with E-state index in [0.717, 1.165) is 31.2 Å². The molecule has 0 fully saturated rings. The Morgan fingerprint density at radius 3 is 2.70 bits per heavy atom. The molecule has 4 rings (SSSR count). The van der Waals surface area contributed by atoms with Gasteiger partial charge >= 0.3 is 0 Å². The number of carbonyl (C=O) groups excluding carboxylic acids is 1. The maximum atomic E-state index is 12.6. The second-order valence-electron chi connectivity index (χ2n) is 6.67. The first-order valence-electron chi connectivity index (χ1n) is 8.83. The zero-order valence-corrected chi connectivity index (χ0v) is 15.7. The lowest BCUT2D eigenvalue weighted by Gasteiger charge is -2.17. The maximum absolute atomic E-state index is 12.6. The summed E-state index contributed by atoms with van der Waals surface area (Å²) in [6.45, 7) is 1.71. The number of aromatic nitrogens is 2. The molecule has 0 saturated carbocycles. The number of aryl methyl sites for hydroxylation is 3. The normalized spacial score (nSPS) is 14.1. The number of imidazole rings is 1. The number of hydrazine groups is 1. The Kier molecular flexibility index (Phi) is 4.45. The van der Waals surface area contributed by atoms with Gasteiger partial charge in [0.1, 0.15) is 11.3 Å². The molecule has 0 spiro atoms. The fourth-order valence-corrected chi connectivity index (χ4v) is 4.39. The summed E-state index contributed by atoms with van der Waals surface area (Å²) in [5.74, 6) is -0.562. The minimum absolute atomic E-state index is 0.151. The zero-order chi connectivity index (χ0) is 19.0. The Morgan fingerprint density at radius 2 is 1.89 bits per heavy atom. The van der Waals surface area contributed by atoms with E-state index in [1.807, 2.05) is 12.1 Å². The summed E-state index contributed by atoms with van der Waals surface area (Å²) in [6.07, 6.45) is 5.77. The predicted molar refractivity (Wildman–Crippen MR) is 101 cm³/mol. The van der Waals surface area contributed by atoms with E-state index >= 15 is 0 Å².